The number of halogens is 1. The van der Waals surface area contributed by atoms with Crippen LogP contribution in [0.15, 0.2) is 6.07 Å². The summed E-state index contributed by atoms with van der Waals surface area (Å²) in [5, 5.41) is 0.627. The second-order valence-electron chi connectivity index (χ2n) is 4.86. The molecule has 2 rings (SSSR count). The monoisotopic (exact) mass is 252 g/mol. The second kappa shape index (κ2) is 5.72. The molecule has 1 aromatic heterocycles. The number of hydrogen-bond donors (Lipinski definition) is 0. The molecule has 0 aliphatic carbocycles. The van der Waals surface area contributed by atoms with Gasteiger partial charge >= 0.3 is 0 Å². The van der Waals surface area contributed by atoms with Crippen molar-refractivity contribution < 1.29 is 0 Å². The van der Waals surface area contributed by atoms with Crippen LogP contribution >= 0.6 is 11.6 Å². The van der Waals surface area contributed by atoms with Gasteiger partial charge in [0.15, 0.2) is 0 Å². The standard InChI is InChI=1S/C14H21ClN2/c1-3-4-5-6-8-17-9-7-12-11(2)10-13(15)16-14(12)17/h10H,3-9H2,1-2H3. The molecule has 1 aliphatic heterocycles. The molecule has 0 saturated carbocycles. The first-order valence-corrected chi connectivity index (χ1v) is 7.01. The van der Waals surface area contributed by atoms with Gasteiger partial charge in [-0.15, -0.1) is 0 Å². The van der Waals surface area contributed by atoms with Gasteiger partial charge in [-0.3, -0.25) is 0 Å². The van der Waals surface area contributed by atoms with Crippen LogP contribution in [0.4, 0.5) is 5.82 Å². The summed E-state index contributed by atoms with van der Waals surface area (Å²) < 4.78 is 0. The SMILES string of the molecule is CCCCCCN1CCc2c(C)cc(Cl)nc21. The molecule has 1 aliphatic rings. The van der Waals surface area contributed by atoms with Crippen molar-refractivity contribution in [1.29, 1.82) is 0 Å². The summed E-state index contributed by atoms with van der Waals surface area (Å²) in [4.78, 5) is 6.88. The maximum atomic E-state index is 6.04. The minimum atomic E-state index is 0.627. The Hall–Kier alpha value is -0.760. The van der Waals surface area contributed by atoms with Gasteiger partial charge in [0.1, 0.15) is 11.0 Å². The third kappa shape index (κ3) is 2.92. The highest BCUT2D eigenvalue weighted by Gasteiger charge is 2.22. The fourth-order valence-corrected chi connectivity index (χ4v) is 2.76. The molecular formula is C14H21ClN2. The van der Waals surface area contributed by atoms with Crippen LogP contribution in [-0.2, 0) is 6.42 Å². The van der Waals surface area contributed by atoms with E-state index < -0.39 is 0 Å². The van der Waals surface area contributed by atoms with Crippen molar-refractivity contribution in [2.75, 3.05) is 18.0 Å². The van der Waals surface area contributed by atoms with Crippen LogP contribution in [-0.4, -0.2) is 18.1 Å². The lowest BCUT2D eigenvalue weighted by atomic mass is 10.1. The Kier molecular flexibility index (Phi) is 4.27. The maximum absolute atomic E-state index is 6.04. The molecule has 0 fully saturated rings. The fourth-order valence-electron chi connectivity index (χ4n) is 2.51. The van der Waals surface area contributed by atoms with Crippen LogP contribution < -0.4 is 4.90 Å². The Balaban J connectivity index is 2.01. The van der Waals surface area contributed by atoms with Crippen molar-refractivity contribution in [3.63, 3.8) is 0 Å². The highest BCUT2D eigenvalue weighted by molar-refractivity contribution is 6.29. The number of hydrogen-bond acceptors (Lipinski definition) is 2. The molecule has 3 heteroatoms. The first-order chi connectivity index (χ1) is 8.22. The molecule has 0 atom stereocenters. The fraction of sp³-hybridized carbons (Fsp3) is 0.643. The van der Waals surface area contributed by atoms with E-state index in [4.69, 9.17) is 11.6 Å². The van der Waals surface area contributed by atoms with E-state index in [1.54, 1.807) is 0 Å². The Morgan fingerprint density at radius 3 is 2.94 bits per heavy atom. The molecular weight excluding hydrogens is 232 g/mol. The number of aryl methyl sites for hydroxylation is 1. The van der Waals surface area contributed by atoms with Crippen molar-refractivity contribution in [2.45, 2.75) is 46.0 Å². The number of anilines is 1. The molecule has 0 saturated heterocycles. The summed E-state index contributed by atoms with van der Waals surface area (Å²) in [5.74, 6) is 1.13. The maximum Gasteiger partial charge on any atom is 0.133 e. The first kappa shape index (κ1) is 12.7. The van der Waals surface area contributed by atoms with Crippen LogP contribution in [0.5, 0.6) is 0 Å². The largest absolute Gasteiger partial charge is 0.356 e. The predicted molar refractivity (Wildman–Crippen MR) is 74.0 cm³/mol. The normalized spacial score (nSPS) is 14.2. The zero-order valence-electron chi connectivity index (χ0n) is 10.8. The van der Waals surface area contributed by atoms with Gasteiger partial charge in [0.05, 0.1) is 0 Å². The molecule has 0 aromatic carbocycles. The van der Waals surface area contributed by atoms with Gasteiger partial charge in [-0.25, -0.2) is 4.98 Å². The molecule has 1 aromatic rings. The summed E-state index contributed by atoms with van der Waals surface area (Å²) >= 11 is 6.04. The topological polar surface area (TPSA) is 16.1 Å². The van der Waals surface area contributed by atoms with Crippen LogP contribution in [0.25, 0.3) is 0 Å². The minimum Gasteiger partial charge on any atom is -0.356 e. The lowest BCUT2D eigenvalue weighted by Gasteiger charge is -2.18. The van der Waals surface area contributed by atoms with E-state index in [2.05, 4.69) is 23.7 Å². The van der Waals surface area contributed by atoms with E-state index in [1.165, 1.54) is 36.8 Å². The predicted octanol–water partition coefficient (Wildman–Crippen LogP) is 3.99. The molecule has 94 valence electrons. The highest BCUT2D eigenvalue weighted by Crippen LogP contribution is 2.30. The molecule has 0 bridgehead atoms. The van der Waals surface area contributed by atoms with Crippen molar-refractivity contribution >= 4 is 17.4 Å². The highest BCUT2D eigenvalue weighted by atomic mass is 35.5. The van der Waals surface area contributed by atoms with Gasteiger partial charge in [-0.2, -0.15) is 0 Å². The zero-order chi connectivity index (χ0) is 12.3. The Morgan fingerprint density at radius 1 is 1.35 bits per heavy atom. The molecule has 2 heterocycles. The van der Waals surface area contributed by atoms with Crippen molar-refractivity contribution in [3.8, 4) is 0 Å². The number of rotatable bonds is 5. The molecule has 2 nitrogen and oxygen atoms in total. The quantitative estimate of drug-likeness (QED) is 0.582. The number of fused-ring (bicyclic) bond motifs is 1. The zero-order valence-corrected chi connectivity index (χ0v) is 11.6. The number of pyridine rings is 1. The summed E-state index contributed by atoms with van der Waals surface area (Å²) in [6, 6.07) is 1.97. The van der Waals surface area contributed by atoms with E-state index >= 15 is 0 Å². The van der Waals surface area contributed by atoms with Crippen molar-refractivity contribution in [3.05, 3.63) is 22.3 Å². The summed E-state index contributed by atoms with van der Waals surface area (Å²) in [6.45, 7) is 6.61. The van der Waals surface area contributed by atoms with Gasteiger partial charge in [0.2, 0.25) is 0 Å². The number of unbranched alkanes of at least 4 members (excludes halogenated alkanes) is 3. The van der Waals surface area contributed by atoms with E-state index in [9.17, 15) is 0 Å². The van der Waals surface area contributed by atoms with E-state index in [1.807, 2.05) is 6.07 Å². The third-order valence-electron chi connectivity index (χ3n) is 3.51. The van der Waals surface area contributed by atoms with Crippen LogP contribution in [0.1, 0.15) is 43.7 Å². The smallest absolute Gasteiger partial charge is 0.133 e. The van der Waals surface area contributed by atoms with Gasteiger partial charge in [0.25, 0.3) is 0 Å². The Morgan fingerprint density at radius 2 is 2.18 bits per heavy atom. The van der Waals surface area contributed by atoms with Gasteiger partial charge in [0, 0.05) is 13.1 Å². The van der Waals surface area contributed by atoms with E-state index in [0.29, 0.717) is 5.15 Å². The average molecular weight is 253 g/mol. The molecule has 17 heavy (non-hydrogen) atoms. The number of aromatic nitrogens is 1. The van der Waals surface area contributed by atoms with Crippen LogP contribution in [0.3, 0.4) is 0 Å². The van der Waals surface area contributed by atoms with Crippen LogP contribution in [0.2, 0.25) is 5.15 Å². The summed E-state index contributed by atoms with van der Waals surface area (Å²) in [7, 11) is 0. The third-order valence-corrected chi connectivity index (χ3v) is 3.70. The summed E-state index contributed by atoms with van der Waals surface area (Å²) in [6.07, 6.45) is 6.34. The van der Waals surface area contributed by atoms with Crippen LogP contribution in [0, 0.1) is 6.92 Å². The molecule has 0 radical (unpaired) electrons. The minimum absolute atomic E-state index is 0.627. The van der Waals surface area contributed by atoms with Gasteiger partial charge < -0.3 is 4.90 Å². The van der Waals surface area contributed by atoms with E-state index in [0.717, 1.165) is 25.3 Å². The van der Waals surface area contributed by atoms with Gasteiger partial charge in [-0.05, 0) is 37.0 Å². The molecule has 0 amide bonds. The van der Waals surface area contributed by atoms with Crippen molar-refractivity contribution in [1.82, 2.24) is 4.98 Å². The first-order valence-electron chi connectivity index (χ1n) is 6.63. The molecule has 0 N–H and O–H groups in total. The second-order valence-corrected chi connectivity index (χ2v) is 5.25. The van der Waals surface area contributed by atoms with E-state index in [-0.39, 0.29) is 0 Å². The molecule has 0 spiro atoms. The lowest BCUT2D eigenvalue weighted by Crippen LogP contribution is -2.22. The average Bonchev–Trinajstić information content (AvgIpc) is 2.68. The molecule has 0 unspecified atom stereocenters. The number of nitrogens with zero attached hydrogens (tertiary/aromatic N) is 2. The summed E-state index contributed by atoms with van der Waals surface area (Å²) in [5.41, 5.74) is 2.68. The van der Waals surface area contributed by atoms with Crippen molar-refractivity contribution in [2.24, 2.45) is 0 Å². The Labute approximate surface area is 109 Å². The Bertz CT molecular complexity index is 390. The lowest BCUT2D eigenvalue weighted by molar-refractivity contribution is 0.649. The van der Waals surface area contributed by atoms with Gasteiger partial charge in [-0.1, -0.05) is 37.8 Å².